The van der Waals surface area contributed by atoms with Crippen LogP contribution in [-0.4, -0.2) is 29.7 Å². The van der Waals surface area contributed by atoms with Crippen molar-refractivity contribution in [2.75, 3.05) is 12.1 Å². The fourth-order valence-electron chi connectivity index (χ4n) is 2.82. The van der Waals surface area contributed by atoms with Crippen LogP contribution in [0.25, 0.3) is 0 Å². The van der Waals surface area contributed by atoms with Crippen LogP contribution in [-0.2, 0) is 14.9 Å². The fourth-order valence-corrected chi connectivity index (χ4v) is 2.82. The number of ether oxygens (including phenoxy) is 3. The van der Waals surface area contributed by atoms with Crippen LogP contribution in [0.5, 0.6) is 11.5 Å². The third kappa shape index (κ3) is 4.51. The number of benzene rings is 2. The van der Waals surface area contributed by atoms with Gasteiger partial charge >= 0.3 is 5.97 Å². The number of nitrogens with one attached hydrogen (secondary N) is 1. The highest BCUT2D eigenvalue weighted by molar-refractivity contribution is 5.99. The van der Waals surface area contributed by atoms with E-state index >= 15 is 0 Å². The molecule has 1 aliphatic heterocycles. The van der Waals surface area contributed by atoms with Gasteiger partial charge < -0.3 is 19.5 Å². The number of esters is 1. The van der Waals surface area contributed by atoms with Gasteiger partial charge in [0.15, 0.2) is 17.6 Å². The van der Waals surface area contributed by atoms with Gasteiger partial charge in [0.2, 0.25) is 6.79 Å². The van der Waals surface area contributed by atoms with E-state index in [1.807, 2.05) is 12.1 Å². The summed E-state index contributed by atoms with van der Waals surface area (Å²) in [6.45, 7) is 7.53. The number of fused-ring (bicyclic) bond motifs is 1. The molecule has 30 heavy (non-hydrogen) atoms. The van der Waals surface area contributed by atoms with Crippen LogP contribution in [0.3, 0.4) is 0 Å². The van der Waals surface area contributed by atoms with Crippen LogP contribution in [0.15, 0.2) is 36.4 Å². The quantitative estimate of drug-likeness (QED) is 0.449. The van der Waals surface area contributed by atoms with Crippen LogP contribution in [0.1, 0.15) is 43.6 Å². The summed E-state index contributed by atoms with van der Waals surface area (Å²) >= 11 is 0. The third-order valence-electron chi connectivity index (χ3n) is 4.58. The summed E-state index contributed by atoms with van der Waals surface area (Å²) in [5.41, 5.74) is 0.818. The van der Waals surface area contributed by atoms with E-state index in [4.69, 9.17) is 14.2 Å². The highest BCUT2D eigenvalue weighted by Gasteiger charge is 2.30. The van der Waals surface area contributed by atoms with Crippen LogP contribution in [0, 0.1) is 10.1 Å². The molecule has 1 heterocycles. The second-order valence-corrected chi connectivity index (χ2v) is 7.84. The van der Waals surface area contributed by atoms with Crippen molar-refractivity contribution in [3.63, 3.8) is 0 Å². The average molecular weight is 414 g/mol. The topological polar surface area (TPSA) is 117 Å². The number of carbonyl (C=O) groups is 2. The summed E-state index contributed by atoms with van der Waals surface area (Å²) in [7, 11) is 0. The number of nitrogens with zero attached hydrogens (tertiary/aromatic N) is 1. The Morgan fingerprint density at radius 1 is 1.13 bits per heavy atom. The minimum atomic E-state index is -1.18. The van der Waals surface area contributed by atoms with E-state index in [0.717, 1.165) is 11.6 Å². The SMILES string of the molecule is CC(OC(=O)c1cc2c(cc1[N+](=O)[O-])OCO2)C(=O)Nc1ccc(C(C)(C)C)cc1. The highest BCUT2D eigenvalue weighted by atomic mass is 16.7. The summed E-state index contributed by atoms with van der Waals surface area (Å²) in [6.07, 6.45) is -1.18. The lowest BCUT2D eigenvalue weighted by molar-refractivity contribution is -0.385. The maximum absolute atomic E-state index is 12.5. The predicted molar refractivity (Wildman–Crippen MR) is 108 cm³/mol. The first kappa shape index (κ1) is 21.1. The molecular formula is C21H22N2O7. The van der Waals surface area contributed by atoms with Gasteiger partial charge in [-0.15, -0.1) is 0 Å². The van der Waals surface area contributed by atoms with E-state index in [0.29, 0.717) is 5.69 Å². The summed E-state index contributed by atoms with van der Waals surface area (Å²) in [5.74, 6) is -1.20. The number of hydrogen-bond acceptors (Lipinski definition) is 7. The van der Waals surface area contributed by atoms with Crippen molar-refractivity contribution in [1.82, 2.24) is 0 Å². The minimum Gasteiger partial charge on any atom is -0.454 e. The molecule has 0 saturated carbocycles. The van der Waals surface area contributed by atoms with Crippen LogP contribution in [0.4, 0.5) is 11.4 Å². The van der Waals surface area contributed by atoms with Gasteiger partial charge in [0.05, 0.1) is 11.0 Å². The van der Waals surface area contributed by atoms with Gasteiger partial charge in [-0.05, 0) is 30.0 Å². The maximum atomic E-state index is 12.5. The Labute approximate surface area is 173 Å². The molecule has 0 radical (unpaired) electrons. The Hall–Kier alpha value is -3.62. The smallest absolute Gasteiger partial charge is 0.346 e. The Bertz CT molecular complexity index is 994. The zero-order valence-electron chi connectivity index (χ0n) is 17.1. The lowest BCUT2D eigenvalue weighted by atomic mass is 9.87. The summed E-state index contributed by atoms with van der Waals surface area (Å²) in [4.78, 5) is 35.5. The Morgan fingerprint density at radius 2 is 1.73 bits per heavy atom. The Morgan fingerprint density at radius 3 is 2.30 bits per heavy atom. The fraction of sp³-hybridized carbons (Fsp3) is 0.333. The van der Waals surface area contributed by atoms with E-state index in [9.17, 15) is 19.7 Å². The first-order valence-electron chi connectivity index (χ1n) is 9.26. The van der Waals surface area contributed by atoms with Gasteiger partial charge in [-0.2, -0.15) is 0 Å². The van der Waals surface area contributed by atoms with Gasteiger partial charge in [0.1, 0.15) is 5.56 Å². The molecule has 1 unspecified atom stereocenters. The minimum absolute atomic E-state index is 0.0231. The van der Waals surface area contributed by atoms with Crippen molar-refractivity contribution in [1.29, 1.82) is 0 Å². The highest BCUT2D eigenvalue weighted by Crippen LogP contribution is 2.38. The molecule has 1 aliphatic rings. The van der Waals surface area contributed by atoms with E-state index in [1.165, 1.54) is 13.0 Å². The number of amides is 1. The number of hydrogen-bond donors (Lipinski definition) is 1. The van der Waals surface area contributed by atoms with Crippen molar-refractivity contribution in [2.45, 2.75) is 39.2 Å². The monoisotopic (exact) mass is 414 g/mol. The molecule has 9 heteroatoms. The second-order valence-electron chi connectivity index (χ2n) is 7.84. The van der Waals surface area contributed by atoms with Gasteiger partial charge in [-0.3, -0.25) is 14.9 Å². The molecule has 1 atom stereocenters. The zero-order valence-corrected chi connectivity index (χ0v) is 17.1. The molecule has 0 aromatic heterocycles. The van der Waals surface area contributed by atoms with Crippen molar-refractivity contribution in [2.24, 2.45) is 0 Å². The number of nitro benzene ring substituents is 1. The molecule has 0 spiro atoms. The van der Waals surface area contributed by atoms with Gasteiger partial charge in [0.25, 0.3) is 11.6 Å². The molecule has 1 N–H and O–H groups in total. The van der Waals surface area contributed by atoms with E-state index in [2.05, 4.69) is 26.1 Å². The van der Waals surface area contributed by atoms with E-state index in [-0.39, 0.29) is 29.3 Å². The molecule has 0 bridgehead atoms. The normalized spacial score (nSPS) is 13.5. The van der Waals surface area contributed by atoms with Gasteiger partial charge in [-0.1, -0.05) is 32.9 Å². The molecule has 2 aromatic rings. The lowest BCUT2D eigenvalue weighted by Crippen LogP contribution is -2.30. The van der Waals surface area contributed by atoms with Crippen molar-refractivity contribution in [3.05, 3.63) is 57.6 Å². The molecule has 0 fully saturated rings. The van der Waals surface area contributed by atoms with Gasteiger partial charge in [0, 0.05) is 11.8 Å². The molecule has 0 aliphatic carbocycles. The van der Waals surface area contributed by atoms with Crippen LogP contribution < -0.4 is 14.8 Å². The van der Waals surface area contributed by atoms with Crippen molar-refractivity contribution < 1.29 is 28.7 Å². The number of carbonyl (C=O) groups excluding carboxylic acids is 2. The standard InChI is InChI=1S/C21H22N2O7/c1-12(19(24)22-14-7-5-13(6-8-14)21(2,3)4)30-20(25)15-9-17-18(29-11-28-17)10-16(15)23(26)27/h5-10,12H,11H2,1-4H3,(H,22,24). The first-order valence-corrected chi connectivity index (χ1v) is 9.26. The van der Waals surface area contributed by atoms with E-state index < -0.39 is 28.6 Å². The Balaban J connectivity index is 1.70. The Kier molecular flexibility index (Phi) is 5.64. The molecule has 2 aromatic carbocycles. The van der Waals surface area contributed by atoms with E-state index in [1.54, 1.807) is 12.1 Å². The predicted octanol–water partition coefficient (Wildman–Crippen LogP) is 3.81. The van der Waals surface area contributed by atoms with Crippen LogP contribution in [0.2, 0.25) is 0 Å². The molecular weight excluding hydrogens is 392 g/mol. The molecule has 0 saturated heterocycles. The van der Waals surface area contributed by atoms with Crippen LogP contribution >= 0.6 is 0 Å². The molecule has 3 rings (SSSR count). The first-order chi connectivity index (χ1) is 14.1. The maximum Gasteiger partial charge on any atom is 0.346 e. The summed E-state index contributed by atoms with van der Waals surface area (Å²) in [5, 5.41) is 14.0. The largest absolute Gasteiger partial charge is 0.454 e. The average Bonchev–Trinajstić information content (AvgIpc) is 3.14. The summed E-state index contributed by atoms with van der Waals surface area (Å²) < 4.78 is 15.4. The third-order valence-corrected chi connectivity index (χ3v) is 4.58. The summed E-state index contributed by atoms with van der Waals surface area (Å²) in [6, 6.07) is 9.61. The number of rotatable bonds is 5. The molecule has 1 amide bonds. The second kappa shape index (κ2) is 8.02. The van der Waals surface area contributed by atoms with Crippen molar-refractivity contribution >= 4 is 23.3 Å². The number of anilines is 1. The molecule has 158 valence electrons. The zero-order chi connectivity index (χ0) is 22.1. The van der Waals surface area contributed by atoms with Gasteiger partial charge in [-0.25, -0.2) is 4.79 Å². The van der Waals surface area contributed by atoms with Crippen molar-refractivity contribution in [3.8, 4) is 11.5 Å². The molecule has 9 nitrogen and oxygen atoms in total. The number of nitro groups is 1. The lowest BCUT2D eigenvalue weighted by Gasteiger charge is -2.19.